The molecule has 1 radical (unpaired) electrons. The van der Waals surface area contributed by atoms with E-state index in [1.165, 1.54) is 0 Å². The van der Waals surface area contributed by atoms with Crippen LogP contribution in [0, 0.1) is 36.1 Å². The number of ether oxygens (including phenoxy) is 2. The molecule has 0 saturated heterocycles. The molecule has 2 nitrogen and oxygen atoms in total. The van der Waals surface area contributed by atoms with Gasteiger partial charge < -0.3 is 16.0 Å². The summed E-state index contributed by atoms with van der Waals surface area (Å²) in [5, 5.41) is 0. The van der Waals surface area contributed by atoms with Gasteiger partial charge in [0.25, 0.3) is 0 Å². The summed E-state index contributed by atoms with van der Waals surface area (Å²) in [7, 11) is 5.64. The summed E-state index contributed by atoms with van der Waals surface area (Å²) < 4.78 is 349. The minimum absolute atomic E-state index is 0. The SMILES string of the molecule is CC1C(C)C(C)C(C)C1C.COC.COC.FC(F)(F)c1cc([B-](c2cc(C(F)(F)F)cc(C(F)(F)F)c2)(c2cc(C(F)(F)F)cc(C(F)(F)F)c2)c2cc(C(F)(F)F)cc(C(F)(F)F)c2)cc(C(F)(F)F)c1.[CH2-][Si](C)(C)C.[Cr+3]. The van der Waals surface area contributed by atoms with Crippen LogP contribution in [-0.4, -0.2) is 42.7 Å². The first-order valence-electron chi connectivity index (χ1n) is 22.7. The van der Waals surface area contributed by atoms with E-state index in [1.807, 2.05) is 0 Å². The number of hydrogen-bond donors (Lipinski definition) is 0. The molecule has 0 bridgehead atoms. The molecular weight excluding hydrogens is 1180 g/mol. The predicted octanol–water partition coefficient (Wildman–Crippen LogP) is 16.6. The van der Waals surface area contributed by atoms with E-state index in [1.54, 1.807) is 28.4 Å². The molecule has 1 saturated carbocycles. The normalized spacial score (nSPS) is 18.6. The molecule has 5 rings (SSSR count). The van der Waals surface area contributed by atoms with Crippen LogP contribution in [0.1, 0.15) is 79.1 Å². The zero-order valence-electron chi connectivity index (χ0n) is 43.9. The first-order valence-corrected chi connectivity index (χ1v) is 26.4. The summed E-state index contributed by atoms with van der Waals surface area (Å²) >= 11 is 0. The molecular formula is C50H55BCrF24O2Si+. The Labute approximate surface area is 452 Å². The number of rotatable bonds is 4. The molecule has 0 aromatic heterocycles. The Kier molecular flexibility index (Phi) is 25.5. The van der Waals surface area contributed by atoms with Crippen LogP contribution in [-0.2, 0) is 76.2 Å². The molecule has 447 valence electrons. The standard InChI is InChI=1S/C32H12BF24.C10H20.C4H11Si.2C2H6O.Cr/c34-25(35,36)13-1-14(26(37,38)39)6-21(5-13)33(22-7-15(27(40,41)42)2-16(8-22)28(43,44)45,23-9-17(29(46,47)48)3-18(10-23)30(49,50)51)24-11-19(31(52,53)54)4-20(12-24)32(55,56)57;1-6-7(2)9(4)10(5)8(6)3;1-5(2,3)4;2*1-3-2;/h1-12H;6-10H,1-5H3;1H2,2-4H3;2*1-2H3;/q-1;;-1;;;+3. The van der Waals surface area contributed by atoms with Crippen molar-refractivity contribution in [2.45, 2.75) is 104 Å². The van der Waals surface area contributed by atoms with Crippen molar-refractivity contribution < 1.29 is 132 Å². The maximum Gasteiger partial charge on any atom is 3.00 e. The number of benzene rings is 4. The van der Waals surface area contributed by atoms with Gasteiger partial charge in [0, 0.05) is 28.4 Å². The van der Waals surface area contributed by atoms with Gasteiger partial charge in [0.2, 0.25) is 0 Å². The summed E-state index contributed by atoms with van der Waals surface area (Å²) in [5.41, 5.74) is -30.2. The minimum atomic E-state index is -6.13. The van der Waals surface area contributed by atoms with Crippen LogP contribution in [0.5, 0.6) is 0 Å². The molecule has 0 N–H and O–H groups in total. The van der Waals surface area contributed by atoms with Crippen LogP contribution in [0.2, 0.25) is 19.6 Å². The van der Waals surface area contributed by atoms with Gasteiger partial charge in [0.15, 0.2) is 0 Å². The Bertz CT molecular complexity index is 2080. The molecule has 1 aliphatic rings. The zero-order chi connectivity index (χ0) is 61.7. The van der Waals surface area contributed by atoms with Gasteiger partial charge in [-0.25, -0.2) is 0 Å². The van der Waals surface area contributed by atoms with E-state index in [0.29, 0.717) is 0 Å². The van der Waals surface area contributed by atoms with Gasteiger partial charge in [0.05, 0.1) is 44.5 Å². The van der Waals surface area contributed by atoms with Crippen molar-refractivity contribution in [1.29, 1.82) is 0 Å². The fraction of sp³-hybridized carbons (Fsp3) is 0.500. The third-order valence-corrected chi connectivity index (χ3v) is 12.6. The predicted molar refractivity (Wildman–Crippen MR) is 250 cm³/mol. The van der Waals surface area contributed by atoms with Gasteiger partial charge in [-0.2, -0.15) is 127 Å². The molecule has 4 aromatic carbocycles. The summed E-state index contributed by atoms with van der Waals surface area (Å²) in [6.45, 7) is 22.5. The average molecular weight is 1230 g/mol. The van der Waals surface area contributed by atoms with Crippen molar-refractivity contribution >= 4 is 36.1 Å². The van der Waals surface area contributed by atoms with Gasteiger partial charge in [-0.15, -0.1) is 8.07 Å². The van der Waals surface area contributed by atoms with Crippen LogP contribution >= 0.6 is 0 Å². The second-order valence-corrected chi connectivity index (χ2v) is 25.0. The molecule has 0 atom stereocenters. The van der Waals surface area contributed by atoms with E-state index >= 15 is 0 Å². The van der Waals surface area contributed by atoms with Gasteiger partial charge in [-0.1, -0.05) is 103 Å². The quantitative estimate of drug-likeness (QED) is 0.115. The van der Waals surface area contributed by atoms with Gasteiger partial charge in [-0.05, 0) is 53.9 Å². The maximum atomic E-state index is 14.2. The van der Waals surface area contributed by atoms with Crippen LogP contribution in [0.3, 0.4) is 0 Å². The van der Waals surface area contributed by atoms with E-state index in [0.717, 1.165) is 29.6 Å². The van der Waals surface area contributed by atoms with Crippen molar-refractivity contribution in [3.8, 4) is 0 Å². The number of hydrogen-bond acceptors (Lipinski definition) is 2. The van der Waals surface area contributed by atoms with E-state index in [-0.39, 0.29) is 17.4 Å². The summed E-state index contributed by atoms with van der Waals surface area (Å²) in [6, 6.07) is -8.81. The van der Waals surface area contributed by atoms with Gasteiger partial charge in [-0.3, -0.25) is 0 Å². The van der Waals surface area contributed by atoms with Crippen molar-refractivity contribution in [3.63, 3.8) is 0 Å². The Morgan fingerprint density at radius 1 is 0.304 bits per heavy atom. The number of halogens is 24. The van der Waals surface area contributed by atoms with Crippen LogP contribution in [0.4, 0.5) is 105 Å². The van der Waals surface area contributed by atoms with Crippen molar-refractivity contribution in [3.05, 3.63) is 124 Å². The maximum absolute atomic E-state index is 14.2. The Balaban J connectivity index is 0.00000232. The molecule has 0 aliphatic heterocycles. The molecule has 1 aliphatic carbocycles. The van der Waals surface area contributed by atoms with Gasteiger partial charge >= 0.3 is 66.8 Å². The topological polar surface area (TPSA) is 18.5 Å². The van der Waals surface area contributed by atoms with Crippen molar-refractivity contribution in [1.82, 2.24) is 0 Å². The smallest absolute Gasteiger partial charge is 0.388 e. The van der Waals surface area contributed by atoms with E-state index in [9.17, 15) is 105 Å². The molecule has 0 amide bonds. The van der Waals surface area contributed by atoms with E-state index < -0.39 is 203 Å². The molecule has 79 heavy (non-hydrogen) atoms. The second kappa shape index (κ2) is 26.9. The molecule has 0 spiro atoms. The minimum Gasteiger partial charge on any atom is -0.388 e. The third-order valence-electron chi connectivity index (χ3n) is 12.6. The fourth-order valence-electron chi connectivity index (χ4n) is 8.46. The molecule has 29 heteroatoms. The fourth-order valence-corrected chi connectivity index (χ4v) is 8.46. The summed E-state index contributed by atoms with van der Waals surface area (Å²) in [6.07, 6.45) is -54.8. The van der Waals surface area contributed by atoms with Gasteiger partial charge in [0.1, 0.15) is 6.15 Å². The number of alkyl halides is 24. The van der Waals surface area contributed by atoms with Crippen LogP contribution in [0.15, 0.2) is 72.8 Å². The monoisotopic (exact) mass is 1230 g/mol. The zero-order valence-corrected chi connectivity index (χ0v) is 46.2. The summed E-state index contributed by atoms with van der Waals surface area (Å²) in [4.78, 5) is 0. The van der Waals surface area contributed by atoms with Crippen LogP contribution in [0.25, 0.3) is 0 Å². The Morgan fingerprint density at radius 2 is 0.392 bits per heavy atom. The van der Waals surface area contributed by atoms with Crippen LogP contribution < -0.4 is 21.9 Å². The van der Waals surface area contributed by atoms with Crippen molar-refractivity contribution in [2.24, 2.45) is 29.6 Å². The molecule has 0 heterocycles. The second-order valence-electron chi connectivity index (χ2n) is 19.9. The first kappa shape index (κ1) is 74.9. The molecule has 1 fully saturated rings. The number of methoxy groups -OCH3 is 2. The van der Waals surface area contributed by atoms with Crippen molar-refractivity contribution in [2.75, 3.05) is 28.4 Å². The van der Waals surface area contributed by atoms with E-state index in [2.05, 4.69) is 70.3 Å². The Hall–Kier alpha value is -4.07. The first-order chi connectivity index (χ1) is 34.6. The molecule has 0 unspecified atom stereocenters. The third kappa shape index (κ3) is 20.7. The largest absolute Gasteiger partial charge is 3.00 e. The molecule has 4 aromatic rings. The van der Waals surface area contributed by atoms with E-state index in [4.69, 9.17) is 0 Å². The summed E-state index contributed by atoms with van der Waals surface area (Å²) in [5.74, 6) is 4.68. The Morgan fingerprint density at radius 3 is 0.468 bits per heavy atom. The average Bonchev–Trinajstić information content (AvgIpc) is 3.41.